The van der Waals surface area contributed by atoms with Crippen molar-refractivity contribution < 1.29 is 14.1 Å². The summed E-state index contributed by atoms with van der Waals surface area (Å²) in [5, 5.41) is 20.3. The van der Waals surface area contributed by atoms with Crippen LogP contribution in [0.3, 0.4) is 0 Å². The van der Waals surface area contributed by atoms with Gasteiger partial charge in [0.05, 0.1) is 28.3 Å². The molecule has 0 aliphatic rings. The monoisotopic (exact) mass is 394 g/mol. The average molecular weight is 394 g/mol. The maximum absolute atomic E-state index is 12.8. The maximum atomic E-state index is 12.8. The third-order valence-corrected chi connectivity index (χ3v) is 4.90. The molecule has 0 unspecified atom stereocenters. The van der Waals surface area contributed by atoms with Crippen molar-refractivity contribution in [3.63, 3.8) is 0 Å². The minimum atomic E-state index is -0.482. The van der Waals surface area contributed by atoms with Crippen LogP contribution in [-0.4, -0.2) is 20.6 Å². The lowest BCUT2D eigenvalue weighted by Gasteiger charge is -2.07. The molecule has 0 saturated heterocycles. The number of rotatable bonds is 6. The van der Waals surface area contributed by atoms with Crippen molar-refractivity contribution in [3.05, 3.63) is 87.8 Å². The number of aromatic nitrogens is 2. The molecule has 3 heterocycles. The van der Waals surface area contributed by atoms with Gasteiger partial charge in [-0.15, -0.1) is 11.3 Å². The summed E-state index contributed by atoms with van der Waals surface area (Å²) in [6.07, 6.45) is 1.53. The Hall–Kier alpha value is -3.72. The number of amides is 1. The molecule has 140 valence electrons. The second-order valence-electron chi connectivity index (χ2n) is 5.84. The SMILES string of the molecule is O=C(NCc1ccco1)c1cc(-c2cccs2)nn1-c1cccc([N+](=O)[O-])c1. The molecule has 0 spiro atoms. The van der Waals surface area contributed by atoms with Crippen LogP contribution in [0.4, 0.5) is 5.69 Å². The highest BCUT2D eigenvalue weighted by Crippen LogP contribution is 2.26. The number of hydrogen-bond donors (Lipinski definition) is 1. The predicted molar refractivity (Wildman–Crippen MR) is 103 cm³/mol. The Bertz CT molecular complexity index is 1120. The van der Waals surface area contributed by atoms with E-state index in [1.807, 2.05) is 17.5 Å². The Morgan fingerprint density at radius 1 is 1.21 bits per heavy atom. The first-order chi connectivity index (χ1) is 13.6. The summed E-state index contributed by atoms with van der Waals surface area (Å²) in [6.45, 7) is 0.223. The van der Waals surface area contributed by atoms with E-state index in [1.165, 1.54) is 34.4 Å². The van der Waals surface area contributed by atoms with E-state index in [0.29, 0.717) is 17.1 Å². The zero-order valence-corrected chi connectivity index (χ0v) is 15.3. The first-order valence-corrected chi connectivity index (χ1v) is 9.19. The van der Waals surface area contributed by atoms with Crippen molar-refractivity contribution in [1.29, 1.82) is 0 Å². The number of nitrogens with one attached hydrogen (secondary N) is 1. The number of hydrogen-bond acceptors (Lipinski definition) is 6. The van der Waals surface area contributed by atoms with Crippen molar-refractivity contribution in [1.82, 2.24) is 15.1 Å². The summed E-state index contributed by atoms with van der Waals surface area (Å²) in [4.78, 5) is 24.3. The highest BCUT2D eigenvalue weighted by molar-refractivity contribution is 7.13. The molecule has 0 bridgehead atoms. The van der Waals surface area contributed by atoms with Crippen molar-refractivity contribution >= 4 is 22.9 Å². The standard InChI is InChI=1S/C19H14N4O4S/c24-19(20-12-15-6-2-8-27-15)17-11-16(18-7-3-9-28-18)21-22(17)13-4-1-5-14(10-13)23(25)26/h1-11H,12H2,(H,20,24). The Morgan fingerprint density at radius 3 is 2.82 bits per heavy atom. The van der Waals surface area contributed by atoms with E-state index in [2.05, 4.69) is 10.4 Å². The topological polar surface area (TPSA) is 103 Å². The summed E-state index contributed by atoms with van der Waals surface area (Å²) >= 11 is 1.49. The summed E-state index contributed by atoms with van der Waals surface area (Å²) in [7, 11) is 0. The fourth-order valence-corrected chi connectivity index (χ4v) is 3.38. The Balaban J connectivity index is 1.72. The minimum absolute atomic E-state index is 0.0763. The largest absolute Gasteiger partial charge is 0.467 e. The van der Waals surface area contributed by atoms with Crippen molar-refractivity contribution in [3.8, 4) is 16.3 Å². The average Bonchev–Trinajstić information content (AvgIpc) is 3.47. The number of carbonyl (C=O) groups excluding carboxylic acids is 1. The number of benzene rings is 1. The molecule has 4 aromatic rings. The number of thiophene rings is 1. The molecular weight excluding hydrogens is 380 g/mol. The first kappa shape index (κ1) is 17.7. The highest BCUT2D eigenvalue weighted by Gasteiger charge is 2.19. The first-order valence-electron chi connectivity index (χ1n) is 8.31. The lowest BCUT2D eigenvalue weighted by Crippen LogP contribution is -2.25. The molecule has 0 saturated carbocycles. The molecule has 0 fully saturated rings. The van der Waals surface area contributed by atoms with Gasteiger partial charge in [0, 0.05) is 12.1 Å². The van der Waals surface area contributed by atoms with Crippen LogP contribution >= 0.6 is 11.3 Å². The smallest absolute Gasteiger partial charge is 0.271 e. The van der Waals surface area contributed by atoms with E-state index in [-0.39, 0.29) is 23.8 Å². The maximum Gasteiger partial charge on any atom is 0.271 e. The molecule has 1 N–H and O–H groups in total. The number of carbonyl (C=O) groups is 1. The number of nitro benzene ring substituents is 1. The third-order valence-electron chi connectivity index (χ3n) is 4.00. The molecule has 9 heteroatoms. The molecule has 8 nitrogen and oxygen atoms in total. The molecule has 1 amide bonds. The van der Waals surface area contributed by atoms with Gasteiger partial charge in [-0.1, -0.05) is 12.1 Å². The van der Waals surface area contributed by atoms with Crippen molar-refractivity contribution in [2.24, 2.45) is 0 Å². The van der Waals surface area contributed by atoms with Crippen LogP contribution in [-0.2, 0) is 6.54 Å². The van der Waals surface area contributed by atoms with E-state index in [1.54, 1.807) is 30.3 Å². The molecule has 0 aliphatic carbocycles. The normalized spacial score (nSPS) is 10.7. The molecule has 3 aromatic heterocycles. The van der Waals surface area contributed by atoms with Gasteiger partial charge in [0.1, 0.15) is 17.1 Å². The van der Waals surface area contributed by atoms with Crippen LogP contribution in [0.25, 0.3) is 16.3 Å². The third kappa shape index (κ3) is 3.55. The van der Waals surface area contributed by atoms with E-state index >= 15 is 0 Å². The van der Waals surface area contributed by atoms with Crippen LogP contribution in [0, 0.1) is 10.1 Å². The van der Waals surface area contributed by atoms with Gasteiger partial charge < -0.3 is 9.73 Å². The predicted octanol–water partition coefficient (Wildman–Crippen LogP) is 4.03. The van der Waals surface area contributed by atoms with Gasteiger partial charge in [-0.25, -0.2) is 4.68 Å². The molecule has 0 aliphatic heterocycles. The molecular formula is C19H14N4O4S. The molecule has 4 rings (SSSR count). The highest BCUT2D eigenvalue weighted by atomic mass is 32.1. The zero-order valence-electron chi connectivity index (χ0n) is 14.4. The van der Waals surface area contributed by atoms with E-state index in [4.69, 9.17) is 4.42 Å². The van der Waals surface area contributed by atoms with Gasteiger partial charge >= 0.3 is 0 Å². The molecule has 0 atom stereocenters. The number of nitro groups is 1. The van der Waals surface area contributed by atoms with Crippen LogP contribution in [0.1, 0.15) is 16.2 Å². The Labute approximate surface area is 163 Å². The fraction of sp³-hybridized carbons (Fsp3) is 0.0526. The number of non-ortho nitro benzene ring substituents is 1. The van der Waals surface area contributed by atoms with Crippen LogP contribution in [0.15, 0.2) is 70.7 Å². The molecule has 28 heavy (non-hydrogen) atoms. The summed E-state index contributed by atoms with van der Waals surface area (Å²) < 4.78 is 6.65. The number of nitrogens with zero attached hydrogens (tertiary/aromatic N) is 3. The summed E-state index contributed by atoms with van der Waals surface area (Å²) in [5.74, 6) is 0.256. The fourth-order valence-electron chi connectivity index (χ4n) is 2.69. The van der Waals surface area contributed by atoms with Crippen molar-refractivity contribution in [2.75, 3.05) is 0 Å². The van der Waals surface area contributed by atoms with Crippen LogP contribution in [0.2, 0.25) is 0 Å². The van der Waals surface area contributed by atoms with Gasteiger partial charge in [0.25, 0.3) is 11.6 Å². The quantitative estimate of drug-likeness (QED) is 0.393. The molecule has 0 radical (unpaired) electrons. The summed E-state index contributed by atoms with van der Waals surface area (Å²) in [5.41, 5.74) is 1.24. The lowest BCUT2D eigenvalue weighted by atomic mass is 10.2. The minimum Gasteiger partial charge on any atom is -0.467 e. The Morgan fingerprint density at radius 2 is 2.11 bits per heavy atom. The van der Waals surface area contributed by atoms with E-state index in [9.17, 15) is 14.9 Å². The second kappa shape index (κ2) is 7.49. The number of furan rings is 1. The van der Waals surface area contributed by atoms with Crippen molar-refractivity contribution in [2.45, 2.75) is 6.54 Å². The zero-order chi connectivity index (χ0) is 19.5. The van der Waals surface area contributed by atoms with Crippen LogP contribution in [0.5, 0.6) is 0 Å². The Kier molecular flexibility index (Phi) is 4.73. The summed E-state index contributed by atoms with van der Waals surface area (Å²) in [6, 6.07) is 15.0. The van der Waals surface area contributed by atoms with Gasteiger partial charge in [0.15, 0.2) is 0 Å². The van der Waals surface area contributed by atoms with Gasteiger partial charge in [0.2, 0.25) is 0 Å². The molecule has 1 aromatic carbocycles. The van der Waals surface area contributed by atoms with Crippen LogP contribution < -0.4 is 5.32 Å². The lowest BCUT2D eigenvalue weighted by molar-refractivity contribution is -0.384. The van der Waals surface area contributed by atoms with Gasteiger partial charge in [-0.3, -0.25) is 14.9 Å². The van der Waals surface area contributed by atoms with E-state index in [0.717, 1.165) is 4.88 Å². The van der Waals surface area contributed by atoms with Gasteiger partial charge in [-0.2, -0.15) is 5.10 Å². The van der Waals surface area contributed by atoms with E-state index < -0.39 is 4.92 Å². The second-order valence-corrected chi connectivity index (χ2v) is 6.79. The van der Waals surface area contributed by atoms with Gasteiger partial charge in [-0.05, 0) is 35.7 Å².